The van der Waals surface area contributed by atoms with Crippen LogP contribution in [0.3, 0.4) is 0 Å². The Kier molecular flexibility index (Phi) is 7.39. The minimum atomic E-state index is -0.459. The van der Waals surface area contributed by atoms with Gasteiger partial charge in [0.1, 0.15) is 6.10 Å². The highest BCUT2D eigenvalue weighted by molar-refractivity contribution is 9.10. The van der Waals surface area contributed by atoms with Crippen LogP contribution >= 0.6 is 31.9 Å². The Morgan fingerprint density at radius 3 is 1.96 bits per heavy atom. The zero-order valence-electron chi connectivity index (χ0n) is 12.3. The van der Waals surface area contributed by atoms with E-state index in [0.717, 1.165) is 23.2 Å². The summed E-state index contributed by atoms with van der Waals surface area (Å²) < 4.78 is 19.2. The second-order valence-electron chi connectivity index (χ2n) is 5.16. The van der Waals surface area contributed by atoms with Crippen LogP contribution in [0.5, 0.6) is 5.88 Å². The van der Waals surface area contributed by atoms with Crippen LogP contribution in [0.15, 0.2) is 45.6 Å². The van der Waals surface area contributed by atoms with Gasteiger partial charge in [-0.15, -0.1) is 0 Å². The zero-order chi connectivity index (χ0) is 16.7. The van der Waals surface area contributed by atoms with E-state index in [1.54, 1.807) is 12.3 Å². The number of rotatable bonds is 2. The Morgan fingerprint density at radius 2 is 1.57 bits per heavy atom. The number of aliphatic hydroxyl groups is 1. The summed E-state index contributed by atoms with van der Waals surface area (Å²) in [5.74, 6) is 0.265. The summed E-state index contributed by atoms with van der Waals surface area (Å²) in [5, 5.41) is 8.17. The summed E-state index contributed by atoms with van der Waals surface area (Å²) in [6.45, 7) is 0. The van der Waals surface area contributed by atoms with Gasteiger partial charge in [0.15, 0.2) is 0 Å². The number of hydrogen-bond donors (Lipinski definition) is 1. The van der Waals surface area contributed by atoms with E-state index >= 15 is 0 Å². The second-order valence-corrected chi connectivity index (χ2v) is 6.99. The van der Waals surface area contributed by atoms with Crippen LogP contribution in [0.4, 0.5) is 4.39 Å². The molecule has 2 aromatic heterocycles. The Hall–Kier alpha value is -1.05. The molecule has 0 spiro atoms. The molecule has 0 unspecified atom stereocenters. The van der Waals surface area contributed by atoms with Gasteiger partial charge in [0.2, 0.25) is 11.8 Å². The van der Waals surface area contributed by atoms with E-state index in [0.29, 0.717) is 10.6 Å². The predicted octanol–water partition coefficient (Wildman–Crippen LogP) is 4.51. The normalized spacial score (nSPS) is 15.7. The van der Waals surface area contributed by atoms with E-state index in [1.807, 2.05) is 12.1 Å². The average molecular weight is 448 g/mol. The standard InChI is InChI=1S/C8H8BrNO.C5H3BrFN.C3H6O/c9-6-3-4-10-8(5-6)11-7-1-2-7;6-4-1-2-8-5(7)3-4;4-3-1-2-3/h3-5,7H,1-2H2;1-3H;3-4H,1-2H2. The lowest BCUT2D eigenvalue weighted by atomic mass is 10.5. The van der Waals surface area contributed by atoms with Crippen LogP contribution in [0.2, 0.25) is 0 Å². The maximum absolute atomic E-state index is 12.0. The summed E-state index contributed by atoms with van der Waals surface area (Å²) in [6, 6.07) is 6.75. The molecule has 0 saturated heterocycles. The maximum Gasteiger partial charge on any atom is 0.214 e. The highest BCUT2D eigenvalue weighted by atomic mass is 79.9. The highest BCUT2D eigenvalue weighted by Gasteiger charge is 2.23. The number of ether oxygens (including phenoxy) is 1. The third-order valence-electron chi connectivity index (χ3n) is 2.74. The fraction of sp³-hybridized carbons (Fsp3) is 0.375. The van der Waals surface area contributed by atoms with Crippen molar-refractivity contribution in [1.29, 1.82) is 0 Å². The topological polar surface area (TPSA) is 55.2 Å². The van der Waals surface area contributed by atoms with Gasteiger partial charge in [0.25, 0.3) is 0 Å². The van der Waals surface area contributed by atoms with Crippen LogP contribution in [-0.4, -0.2) is 27.3 Å². The van der Waals surface area contributed by atoms with E-state index in [1.165, 1.54) is 25.1 Å². The maximum atomic E-state index is 12.0. The number of aromatic nitrogens is 2. The monoisotopic (exact) mass is 446 g/mol. The van der Waals surface area contributed by atoms with Gasteiger partial charge in [-0.25, -0.2) is 9.97 Å². The first kappa shape index (κ1) is 18.3. The predicted molar refractivity (Wildman–Crippen MR) is 92.7 cm³/mol. The third-order valence-corrected chi connectivity index (χ3v) is 3.73. The SMILES string of the molecule is Brc1ccnc(OC2CC2)c1.Fc1cc(Br)ccn1.OC1CC1. The number of nitrogens with zero attached hydrogens (tertiary/aromatic N) is 2. The van der Waals surface area contributed by atoms with Crippen molar-refractivity contribution in [1.82, 2.24) is 9.97 Å². The molecule has 0 aliphatic heterocycles. The minimum Gasteiger partial charge on any atom is -0.474 e. The fourth-order valence-electron chi connectivity index (χ4n) is 1.26. The van der Waals surface area contributed by atoms with Crippen molar-refractivity contribution in [3.63, 3.8) is 0 Å². The second kappa shape index (κ2) is 9.30. The van der Waals surface area contributed by atoms with Gasteiger partial charge in [0, 0.05) is 33.5 Å². The van der Waals surface area contributed by atoms with Gasteiger partial charge in [-0.1, -0.05) is 31.9 Å². The molecule has 2 aromatic rings. The summed E-state index contributed by atoms with van der Waals surface area (Å²) in [7, 11) is 0. The van der Waals surface area contributed by atoms with Gasteiger partial charge < -0.3 is 9.84 Å². The van der Waals surface area contributed by atoms with Crippen molar-refractivity contribution in [3.05, 3.63) is 51.6 Å². The molecule has 0 aromatic carbocycles. The van der Waals surface area contributed by atoms with Crippen molar-refractivity contribution >= 4 is 31.9 Å². The molecule has 0 bridgehead atoms. The molecule has 2 fully saturated rings. The number of pyridine rings is 2. The molecule has 2 saturated carbocycles. The first-order valence-electron chi connectivity index (χ1n) is 7.26. The Balaban J connectivity index is 0.000000140. The van der Waals surface area contributed by atoms with Crippen molar-refractivity contribution < 1.29 is 14.2 Å². The van der Waals surface area contributed by atoms with Crippen LogP contribution < -0.4 is 4.74 Å². The largest absolute Gasteiger partial charge is 0.474 e. The van der Waals surface area contributed by atoms with E-state index in [4.69, 9.17) is 9.84 Å². The van der Waals surface area contributed by atoms with Crippen LogP contribution in [0.25, 0.3) is 0 Å². The first-order chi connectivity index (χ1) is 11.0. The van der Waals surface area contributed by atoms with Crippen molar-refractivity contribution in [2.45, 2.75) is 37.9 Å². The molecule has 7 heteroatoms. The molecule has 0 atom stereocenters. The van der Waals surface area contributed by atoms with Gasteiger partial charge in [0.05, 0.1) is 6.10 Å². The number of halogens is 3. The molecule has 124 valence electrons. The van der Waals surface area contributed by atoms with Crippen molar-refractivity contribution in [3.8, 4) is 5.88 Å². The lowest BCUT2D eigenvalue weighted by Gasteiger charge is -2.01. The zero-order valence-corrected chi connectivity index (χ0v) is 15.5. The Labute approximate surface area is 151 Å². The first-order valence-corrected chi connectivity index (χ1v) is 8.85. The van der Waals surface area contributed by atoms with E-state index in [-0.39, 0.29) is 6.10 Å². The molecule has 2 aliphatic rings. The Bertz CT molecular complexity index is 605. The number of aliphatic hydroxyl groups excluding tert-OH is 1. The molecule has 0 radical (unpaired) electrons. The molecule has 23 heavy (non-hydrogen) atoms. The molecule has 2 aliphatic carbocycles. The van der Waals surface area contributed by atoms with E-state index in [2.05, 4.69) is 41.8 Å². The van der Waals surface area contributed by atoms with E-state index < -0.39 is 5.95 Å². The van der Waals surface area contributed by atoms with Crippen LogP contribution in [0, 0.1) is 5.95 Å². The third kappa shape index (κ3) is 8.98. The quantitative estimate of drug-likeness (QED) is 0.688. The molecular formula is C16H17Br2FN2O2. The average Bonchev–Trinajstić information content (AvgIpc) is 3.39. The van der Waals surface area contributed by atoms with Gasteiger partial charge in [-0.05, 0) is 37.8 Å². The highest BCUT2D eigenvalue weighted by Crippen LogP contribution is 2.26. The van der Waals surface area contributed by atoms with Crippen molar-refractivity contribution in [2.24, 2.45) is 0 Å². The summed E-state index contributed by atoms with van der Waals surface area (Å²) in [4.78, 5) is 7.41. The minimum absolute atomic E-state index is 0.0833. The molecule has 2 heterocycles. The molecular weight excluding hydrogens is 431 g/mol. The smallest absolute Gasteiger partial charge is 0.214 e. The summed E-state index contributed by atoms with van der Waals surface area (Å²) in [5.41, 5.74) is 0. The van der Waals surface area contributed by atoms with Gasteiger partial charge in [-0.3, -0.25) is 0 Å². The lowest BCUT2D eigenvalue weighted by molar-refractivity contribution is 0.279. The fourth-order valence-corrected chi connectivity index (χ4v) is 1.88. The van der Waals surface area contributed by atoms with Crippen molar-refractivity contribution in [2.75, 3.05) is 0 Å². The molecule has 1 N–H and O–H groups in total. The van der Waals surface area contributed by atoms with Gasteiger partial charge >= 0.3 is 0 Å². The Morgan fingerprint density at radius 1 is 1.00 bits per heavy atom. The van der Waals surface area contributed by atoms with Crippen LogP contribution in [-0.2, 0) is 0 Å². The lowest BCUT2D eigenvalue weighted by Crippen LogP contribution is -1.97. The van der Waals surface area contributed by atoms with E-state index in [9.17, 15) is 4.39 Å². The number of hydrogen-bond acceptors (Lipinski definition) is 4. The summed E-state index contributed by atoms with van der Waals surface area (Å²) >= 11 is 6.43. The summed E-state index contributed by atoms with van der Waals surface area (Å²) in [6.07, 6.45) is 8.08. The molecule has 4 nitrogen and oxygen atoms in total. The molecule has 4 rings (SSSR count). The molecule has 0 amide bonds. The van der Waals surface area contributed by atoms with Gasteiger partial charge in [-0.2, -0.15) is 4.39 Å². The van der Waals surface area contributed by atoms with Crippen LogP contribution in [0.1, 0.15) is 25.7 Å².